The highest BCUT2D eigenvalue weighted by Gasteiger charge is 2.33. The summed E-state index contributed by atoms with van der Waals surface area (Å²) in [5.41, 5.74) is 0. The molecule has 0 bridgehead atoms. The van der Waals surface area contributed by atoms with E-state index in [0.717, 1.165) is 12.8 Å². The Morgan fingerprint density at radius 2 is 2.00 bits per heavy atom. The molecule has 0 N–H and O–H groups in total. The van der Waals surface area contributed by atoms with Crippen molar-refractivity contribution in [1.82, 2.24) is 15.1 Å². The molecule has 0 amide bonds. The van der Waals surface area contributed by atoms with Crippen LogP contribution in [-0.4, -0.2) is 33.9 Å². The molecule has 0 atom stereocenters. The van der Waals surface area contributed by atoms with Crippen LogP contribution in [0.3, 0.4) is 0 Å². The van der Waals surface area contributed by atoms with E-state index in [0.29, 0.717) is 11.8 Å². The Kier molecular flexibility index (Phi) is 3.61. The molecule has 1 aliphatic carbocycles. The van der Waals surface area contributed by atoms with Crippen LogP contribution in [0, 0.1) is 0 Å². The van der Waals surface area contributed by atoms with Crippen molar-refractivity contribution in [3.63, 3.8) is 0 Å². The zero-order valence-electron chi connectivity index (χ0n) is 10.4. The fourth-order valence-electron chi connectivity index (χ4n) is 1.65. The minimum atomic E-state index is -4.22. The molecule has 18 heavy (non-hydrogen) atoms. The SMILES string of the molecule is CC(C)N(Cc1nnc(C2CC2)o1)CC(F)(F)F. The highest BCUT2D eigenvalue weighted by molar-refractivity contribution is 5.00. The largest absolute Gasteiger partial charge is 0.424 e. The Hall–Kier alpha value is -1.11. The van der Waals surface area contributed by atoms with Crippen molar-refractivity contribution in [3.05, 3.63) is 11.8 Å². The van der Waals surface area contributed by atoms with Gasteiger partial charge >= 0.3 is 6.18 Å². The van der Waals surface area contributed by atoms with Crippen molar-refractivity contribution >= 4 is 0 Å². The van der Waals surface area contributed by atoms with Crippen LogP contribution in [0.2, 0.25) is 0 Å². The number of alkyl halides is 3. The van der Waals surface area contributed by atoms with Gasteiger partial charge in [-0.2, -0.15) is 13.2 Å². The van der Waals surface area contributed by atoms with Gasteiger partial charge in [0.15, 0.2) is 0 Å². The number of aromatic nitrogens is 2. The highest BCUT2D eigenvalue weighted by Crippen LogP contribution is 2.39. The average molecular weight is 263 g/mol. The van der Waals surface area contributed by atoms with E-state index in [1.54, 1.807) is 13.8 Å². The molecule has 0 unspecified atom stereocenters. The maximum Gasteiger partial charge on any atom is 0.401 e. The second-order valence-corrected chi connectivity index (χ2v) is 4.92. The van der Waals surface area contributed by atoms with E-state index in [-0.39, 0.29) is 18.5 Å². The molecule has 0 spiro atoms. The fraction of sp³-hybridized carbons (Fsp3) is 0.818. The molecule has 2 rings (SSSR count). The van der Waals surface area contributed by atoms with Gasteiger partial charge in [-0.15, -0.1) is 10.2 Å². The van der Waals surface area contributed by atoms with Crippen LogP contribution in [-0.2, 0) is 6.54 Å². The molecular weight excluding hydrogens is 247 g/mol. The van der Waals surface area contributed by atoms with Crippen LogP contribution >= 0.6 is 0 Å². The van der Waals surface area contributed by atoms with Gasteiger partial charge in [0.25, 0.3) is 0 Å². The third-order valence-electron chi connectivity index (χ3n) is 2.86. The molecule has 0 radical (unpaired) electrons. The van der Waals surface area contributed by atoms with Crippen molar-refractivity contribution in [2.24, 2.45) is 0 Å². The van der Waals surface area contributed by atoms with Gasteiger partial charge in [0, 0.05) is 12.0 Å². The van der Waals surface area contributed by atoms with Crippen LogP contribution in [0.25, 0.3) is 0 Å². The Bertz CT molecular complexity index is 398. The number of hydrogen-bond acceptors (Lipinski definition) is 4. The molecular formula is C11H16F3N3O. The zero-order valence-corrected chi connectivity index (χ0v) is 10.4. The molecule has 1 aromatic heterocycles. The van der Waals surface area contributed by atoms with Gasteiger partial charge in [0.1, 0.15) is 0 Å². The summed E-state index contributed by atoms with van der Waals surface area (Å²) in [6.45, 7) is 2.50. The van der Waals surface area contributed by atoms with E-state index in [9.17, 15) is 13.2 Å². The Morgan fingerprint density at radius 3 is 2.50 bits per heavy atom. The number of hydrogen-bond donors (Lipinski definition) is 0. The number of nitrogens with zero attached hydrogens (tertiary/aromatic N) is 3. The van der Waals surface area contributed by atoms with Crippen molar-refractivity contribution in [2.45, 2.75) is 51.4 Å². The molecule has 1 fully saturated rings. The maximum atomic E-state index is 12.4. The minimum Gasteiger partial charge on any atom is -0.424 e. The average Bonchev–Trinajstić information content (AvgIpc) is 2.97. The molecule has 0 aliphatic heterocycles. The van der Waals surface area contributed by atoms with Crippen molar-refractivity contribution < 1.29 is 17.6 Å². The molecule has 1 aromatic rings. The summed E-state index contributed by atoms with van der Waals surface area (Å²) in [6, 6.07) is -0.233. The summed E-state index contributed by atoms with van der Waals surface area (Å²) in [5, 5.41) is 7.67. The minimum absolute atomic E-state index is 0.0386. The van der Waals surface area contributed by atoms with Crippen LogP contribution in [0.1, 0.15) is 44.4 Å². The second kappa shape index (κ2) is 4.87. The maximum absolute atomic E-state index is 12.4. The Morgan fingerprint density at radius 1 is 1.33 bits per heavy atom. The van der Waals surface area contributed by atoms with Crippen LogP contribution < -0.4 is 0 Å². The first kappa shape index (κ1) is 13.3. The summed E-state index contributed by atoms with van der Waals surface area (Å²) in [7, 11) is 0. The lowest BCUT2D eigenvalue weighted by Crippen LogP contribution is -2.38. The van der Waals surface area contributed by atoms with Crippen molar-refractivity contribution in [3.8, 4) is 0 Å². The lowest BCUT2D eigenvalue weighted by Gasteiger charge is -2.25. The van der Waals surface area contributed by atoms with E-state index in [4.69, 9.17) is 4.42 Å². The molecule has 7 heteroatoms. The van der Waals surface area contributed by atoms with Crippen LogP contribution in [0.4, 0.5) is 13.2 Å². The predicted octanol–water partition coefficient (Wildman–Crippen LogP) is 2.72. The summed E-state index contributed by atoms with van der Waals surface area (Å²) >= 11 is 0. The van der Waals surface area contributed by atoms with Gasteiger partial charge in [0.2, 0.25) is 11.8 Å². The number of halogens is 3. The van der Waals surface area contributed by atoms with E-state index < -0.39 is 12.7 Å². The molecule has 102 valence electrons. The topological polar surface area (TPSA) is 42.2 Å². The number of rotatable bonds is 5. The third kappa shape index (κ3) is 3.69. The van der Waals surface area contributed by atoms with Crippen molar-refractivity contribution in [2.75, 3.05) is 6.54 Å². The van der Waals surface area contributed by atoms with E-state index >= 15 is 0 Å². The van der Waals surface area contributed by atoms with E-state index in [2.05, 4.69) is 10.2 Å². The molecule has 0 aromatic carbocycles. The molecule has 4 nitrogen and oxygen atoms in total. The predicted molar refractivity (Wildman–Crippen MR) is 57.9 cm³/mol. The Labute approximate surface area is 103 Å². The summed E-state index contributed by atoms with van der Waals surface area (Å²) in [6.07, 6.45) is -2.17. The molecule has 1 heterocycles. The molecule has 1 saturated carbocycles. The van der Waals surface area contributed by atoms with E-state index in [1.165, 1.54) is 4.90 Å². The first-order chi connectivity index (χ1) is 8.35. The summed E-state index contributed by atoms with van der Waals surface area (Å²) < 4.78 is 42.6. The van der Waals surface area contributed by atoms with Gasteiger partial charge in [-0.05, 0) is 26.7 Å². The fourth-order valence-corrected chi connectivity index (χ4v) is 1.65. The molecule has 1 aliphatic rings. The monoisotopic (exact) mass is 263 g/mol. The zero-order chi connectivity index (χ0) is 13.3. The van der Waals surface area contributed by atoms with Crippen molar-refractivity contribution in [1.29, 1.82) is 0 Å². The van der Waals surface area contributed by atoms with Gasteiger partial charge < -0.3 is 4.42 Å². The van der Waals surface area contributed by atoms with Gasteiger partial charge in [0.05, 0.1) is 13.1 Å². The van der Waals surface area contributed by atoms with Crippen LogP contribution in [0.5, 0.6) is 0 Å². The normalized spacial score (nSPS) is 16.8. The second-order valence-electron chi connectivity index (χ2n) is 4.92. The smallest absolute Gasteiger partial charge is 0.401 e. The Balaban J connectivity index is 1.98. The quantitative estimate of drug-likeness (QED) is 0.819. The summed E-state index contributed by atoms with van der Waals surface area (Å²) in [4.78, 5) is 1.27. The molecule has 0 saturated heterocycles. The van der Waals surface area contributed by atoms with Gasteiger partial charge in [-0.25, -0.2) is 0 Å². The first-order valence-corrected chi connectivity index (χ1v) is 5.98. The van der Waals surface area contributed by atoms with Crippen LogP contribution in [0.15, 0.2) is 4.42 Å². The highest BCUT2D eigenvalue weighted by atomic mass is 19.4. The lowest BCUT2D eigenvalue weighted by atomic mass is 10.3. The lowest BCUT2D eigenvalue weighted by molar-refractivity contribution is -0.151. The van der Waals surface area contributed by atoms with E-state index in [1.807, 2.05) is 0 Å². The first-order valence-electron chi connectivity index (χ1n) is 5.98. The van der Waals surface area contributed by atoms with Gasteiger partial charge in [-0.1, -0.05) is 0 Å². The standard InChI is InChI=1S/C11H16F3N3O/c1-7(2)17(6-11(12,13)14)5-9-15-16-10(18-9)8-3-4-8/h7-8H,3-6H2,1-2H3. The third-order valence-corrected chi connectivity index (χ3v) is 2.86. The summed E-state index contributed by atoms with van der Waals surface area (Å²) in [5.74, 6) is 1.14. The van der Waals surface area contributed by atoms with Gasteiger partial charge in [-0.3, -0.25) is 4.90 Å².